The number of thioether (sulfide) groups is 1. The maximum absolute atomic E-state index is 12.5. The number of hydrogen-bond acceptors (Lipinski definition) is 6. The Hall–Kier alpha value is -2.23. The van der Waals surface area contributed by atoms with Gasteiger partial charge in [0, 0.05) is 22.0 Å². The zero-order valence-corrected chi connectivity index (χ0v) is 18.4. The van der Waals surface area contributed by atoms with Crippen molar-refractivity contribution in [2.45, 2.75) is 11.3 Å². The first kappa shape index (κ1) is 21.0. The molecule has 10 heteroatoms. The van der Waals surface area contributed by atoms with Crippen LogP contribution in [-0.4, -0.2) is 56.0 Å². The minimum atomic E-state index is -3.13. The Morgan fingerprint density at radius 2 is 1.97 bits per heavy atom. The van der Waals surface area contributed by atoms with E-state index >= 15 is 0 Å². The number of amides is 1. The summed E-state index contributed by atoms with van der Waals surface area (Å²) in [7, 11) is -1.57. The van der Waals surface area contributed by atoms with Crippen molar-refractivity contribution in [3.8, 4) is 11.5 Å². The fourth-order valence-electron chi connectivity index (χ4n) is 3.44. The monoisotopic (exact) mass is 466 g/mol. The summed E-state index contributed by atoms with van der Waals surface area (Å²) in [6, 6.07) is 13.7. The molecule has 2 aliphatic heterocycles. The fourth-order valence-corrected chi connectivity index (χ4v) is 7.50. The molecule has 0 aromatic heterocycles. The number of carbonyl (C=O) groups is 1. The van der Waals surface area contributed by atoms with Gasteiger partial charge in [0.05, 0.1) is 24.7 Å². The zero-order chi connectivity index (χ0) is 21.3. The van der Waals surface area contributed by atoms with Gasteiger partial charge in [0.15, 0.2) is 21.6 Å². The van der Waals surface area contributed by atoms with E-state index in [0.717, 1.165) is 5.69 Å². The van der Waals surface area contributed by atoms with E-state index in [9.17, 15) is 13.2 Å². The molecule has 30 heavy (non-hydrogen) atoms. The van der Waals surface area contributed by atoms with E-state index in [1.807, 2.05) is 17.0 Å². The molecular formula is C20H19ClN2O5S2. The van der Waals surface area contributed by atoms with Gasteiger partial charge in [-0.15, -0.1) is 0 Å². The summed E-state index contributed by atoms with van der Waals surface area (Å²) in [5.74, 6) is 0.787. The first-order chi connectivity index (χ1) is 14.3. The molecule has 0 unspecified atom stereocenters. The minimum Gasteiger partial charge on any atom is -0.497 e. The number of aliphatic imine (C=N–C) groups is 1. The lowest BCUT2D eigenvalue weighted by Crippen LogP contribution is -2.37. The van der Waals surface area contributed by atoms with E-state index < -0.39 is 15.7 Å². The van der Waals surface area contributed by atoms with Gasteiger partial charge in [-0.25, -0.2) is 8.42 Å². The number of hydrogen-bond donors (Lipinski definition) is 0. The highest BCUT2D eigenvalue weighted by Gasteiger charge is 2.49. The molecule has 158 valence electrons. The Bertz CT molecular complexity index is 1090. The summed E-state index contributed by atoms with van der Waals surface area (Å²) in [6.07, 6.45) is 0. The average Bonchev–Trinajstić information content (AvgIpc) is 3.18. The normalized spacial score (nSPS) is 23.4. The quantitative estimate of drug-likeness (QED) is 0.669. The highest BCUT2D eigenvalue weighted by atomic mass is 35.5. The van der Waals surface area contributed by atoms with Crippen molar-refractivity contribution in [2.24, 2.45) is 4.99 Å². The number of methoxy groups -OCH3 is 1. The number of anilines is 1. The van der Waals surface area contributed by atoms with Crippen molar-refractivity contribution in [2.75, 3.05) is 30.1 Å². The number of ether oxygens (including phenoxy) is 2. The highest BCUT2D eigenvalue weighted by Crippen LogP contribution is 2.41. The number of carbonyl (C=O) groups excluding carboxylic acids is 1. The third kappa shape index (κ3) is 4.58. The van der Waals surface area contributed by atoms with Gasteiger partial charge in [0.25, 0.3) is 5.91 Å². The van der Waals surface area contributed by atoms with Crippen molar-refractivity contribution in [3.05, 3.63) is 53.6 Å². The van der Waals surface area contributed by atoms with E-state index in [0.29, 0.717) is 21.7 Å². The molecule has 0 radical (unpaired) electrons. The maximum Gasteiger partial charge on any atom is 0.285 e. The van der Waals surface area contributed by atoms with Gasteiger partial charge in [-0.05, 0) is 36.4 Å². The molecular weight excluding hydrogens is 448 g/mol. The van der Waals surface area contributed by atoms with Gasteiger partial charge in [-0.1, -0.05) is 29.4 Å². The smallest absolute Gasteiger partial charge is 0.285 e. The Morgan fingerprint density at radius 1 is 1.20 bits per heavy atom. The molecule has 0 N–H and O–H groups in total. The molecule has 2 aromatic rings. The second-order valence-electron chi connectivity index (χ2n) is 6.90. The van der Waals surface area contributed by atoms with Crippen LogP contribution in [0.25, 0.3) is 0 Å². The van der Waals surface area contributed by atoms with Gasteiger partial charge in [-0.2, -0.15) is 4.99 Å². The molecule has 2 aromatic carbocycles. The van der Waals surface area contributed by atoms with Crippen LogP contribution >= 0.6 is 23.4 Å². The Kier molecular flexibility index (Phi) is 5.95. The lowest BCUT2D eigenvalue weighted by Gasteiger charge is -2.24. The summed E-state index contributed by atoms with van der Waals surface area (Å²) in [6.45, 7) is -0.231. The van der Waals surface area contributed by atoms with Gasteiger partial charge in [0.2, 0.25) is 0 Å². The van der Waals surface area contributed by atoms with Crippen LogP contribution < -0.4 is 14.4 Å². The van der Waals surface area contributed by atoms with Crippen LogP contribution in [-0.2, 0) is 14.6 Å². The third-order valence-corrected chi connectivity index (χ3v) is 8.26. The molecule has 2 atom stereocenters. The van der Waals surface area contributed by atoms with Gasteiger partial charge in [-0.3, -0.25) is 4.79 Å². The van der Waals surface area contributed by atoms with Crippen LogP contribution in [0.5, 0.6) is 11.5 Å². The molecule has 0 saturated carbocycles. The number of rotatable bonds is 5. The van der Waals surface area contributed by atoms with Crippen molar-refractivity contribution in [3.63, 3.8) is 0 Å². The molecule has 7 nitrogen and oxygen atoms in total. The van der Waals surface area contributed by atoms with Crippen LogP contribution in [0.1, 0.15) is 0 Å². The first-order valence-electron chi connectivity index (χ1n) is 9.15. The van der Waals surface area contributed by atoms with E-state index in [1.165, 1.54) is 11.8 Å². The van der Waals surface area contributed by atoms with Crippen LogP contribution in [0.3, 0.4) is 0 Å². The summed E-state index contributed by atoms with van der Waals surface area (Å²) in [4.78, 5) is 18.5. The van der Waals surface area contributed by atoms with Crippen LogP contribution in [0.4, 0.5) is 5.69 Å². The van der Waals surface area contributed by atoms with Gasteiger partial charge in [0.1, 0.15) is 11.5 Å². The molecule has 2 aliphatic rings. The third-order valence-electron chi connectivity index (χ3n) is 4.79. The molecule has 0 aliphatic carbocycles. The second-order valence-corrected chi connectivity index (χ2v) is 10.7. The predicted molar refractivity (Wildman–Crippen MR) is 119 cm³/mol. The topological polar surface area (TPSA) is 85.3 Å². The summed E-state index contributed by atoms with van der Waals surface area (Å²) < 4.78 is 35.1. The number of nitrogens with zero attached hydrogens (tertiary/aromatic N) is 2. The molecule has 1 amide bonds. The number of sulfone groups is 1. The van der Waals surface area contributed by atoms with E-state index in [1.54, 1.807) is 43.5 Å². The van der Waals surface area contributed by atoms with E-state index in [-0.39, 0.29) is 29.4 Å². The Morgan fingerprint density at radius 3 is 2.70 bits per heavy atom. The average molecular weight is 467 g/mol. The lowest BCUT2D eigenvalue weighted by molar-refractivity contribution is -0.119. The minimum absolute atomic E-state index is 0.0242. The summed E-state index contributed by atoms with van der Waals surface area (Å²) in [5, 5.41) is 0.870. The maximum atomic E-state index is 12.5. The van der Waals surface area contributed by atoms with E-state index in [2.05, 4.69) is 4.99 Å². The molecule has 2 heterocycles. The largest absolute Gasteiger partial charge is 0.497 e. The molecule has 4 rings (SSSR count). The molecule has 2 saturated heterocycles. The molecule has 0 bridgehead atoms. The van der Waals surface area contributed by atoms with Crippen molar-refractivity contribution < 1.29 is 22.7 Å². The summed E-state index contributed by atoms with van der Waals surface area (Å²) in [5.41, 5.74) is 0.733. The highest BCUT2D eigenvalue weighted by molar-refractivity contribution is 8.16. The fraction of sp³-hybridized carbons (Fsp3) is 0.300. The lowest BCUT2D eigenvalue weighted by atomic mass is 10.2. The number of halogens is 1. The molecule has 2 fully saturated rings. The SMILES string of the molecule is COc1cccc(N2C(=NC(=O)COc3ccc(Cl)cc3)S[C@H]3CS(=O)(=O)C[C@H]32)c1. The number of fused-ring (bicyclic) bond motifs is 1. The van der Waals surface area contributed by atoms with Gasteiger partial charge >= 0.3 is 0 Å². The van der Waals surface area contributed by atoms with Crippen LogP contribution in [0.15, 0.2) is 53.5 Å². The summed E-state index contributed by atoms with van der Waals surface area (Å²) >= 11 is 7.16. The first-order valence-corrected chi connectivity index (χ1v) is 12.2. The zero-order valence-electron chi connectivity index (χ0n) is 16.0. The van der Waals surface area contributed by atoms with E-state index in [4.69, 9.17) is 21.1 Å². The van der Waals surface area contributed by atoms with Crippen molar-refractivity contribution >= 4 is 50.0 Å². The van der Waals surface area contributed by atoms with Crippen molar-refractivity contribution in [1.82, 2.24) is 0 Å². The Balaban J connectivity index is 1.57. The number of benzene rings is 2. The van der Waals surface area contributed by atoms with Gasteiger partial charge < -0.3 is 14.4 Å². The standard InChI is InChI=1S/C20H19ClN2O5S2/c1-27-16-4-2-3-14(9-16)23-17-11-30(25,26)12-18(17)29-20(23)22-19(24)10-28-15-7-5-13(21)6-8-15/h2-9,17-18H,10-12H2,1H3/t17-,18+/m1/s1. The second kappa shape index (κ2) is 8.49. The Labute approximate surface area is 183 Å². The predicted octanol–water partition coefficient (Wildman–Crippen LogP) is 3.03. The molecule has 0 spiro atoms. The van der Waals surface area contributed by atoms with Crippen molar-refractivity contribution in [1.29, 1.82) is 0 Å². The number of amidine groups is 1. The van der Waals surface area contributed by atoms with Crippen LogP contribution in [0, 0.1) is 0 Å². The van der Waals surface area contributed by atoms with Crippen LogP contribution in [0.2, 0.25) is 5.02 Å².